The van der Waals surface area contributed by atoms with Crippen LogP contribution in [0.5, 0.6) is 0 Å². The maximum absolute atomic E-state index is 12.7. The van der Waals surface area contributed by atoms with E-state index in [1.165, 1.54) is 6.92 Å². The second-order valence-corrected chi connectivity index (χ2v) is 20.0. The molecule has 0 unspecified atom stereocenters. The fraction of sp³-hybridized carbons (Fsp3) is 0.516. The number of fused-ring (bicyclic) bond motifs is 1. The molecule has 1 saturated heterocycles. The summed E-state index contributed by atoms with van der Waals surface area (Å²) in [4.78, 5) is 36.7. The van der Waals surface area contributed by atoms with Gasteiger partial charge in [0.15, 0.2) is 5.12 Å². The highest BCUT2D eigenvalue weighted by molar-refractivity contribution is 8.13. The zero-order valence-corrected chi connectivity index (χ0v) is 28.0. The highest BCUT2D eigenvalue weighted by Crippen LogP contribution is 2.37. The van der Waals surface area contributed by atoms with Crippen molar-refractivity contribution in [2.75, 3.05) is 25.0 Å². The van der Waals surface area contributed by atoms with Crippen LogP contribution >= 0.6 is 11.8 Å². The average molecular weight is 623 g/mol. The van der Waals surface area contributed by atoms with E-state index in [0.717, 1.165) is 47.1 Å². The Morgan fingerprint density at radius 1 is 1.26 bits per heavy atom. The molecule has 4 rings (SSSR count). The third-order valence-corrected chi connectivity index (χ3v) is 9.42. The molecule has 3 aromatic rings. The van der Waals surface area contributed by atoms with Crippen LogP contribution in [-0.2, 0) is 21.0 Å². The summed E-state index contributed by atoms with van der Waals surface area (Å²) in [6, 6.07) is 8.78. The Bertz CT molecular complexity index is 1520. The zero-order valence-electron chi connectivity index (χ0n) is 26.2. The molecule has 0 spiro atoms. The van der Waals surface area contributed by atoms with Crippen molar-refractivity contribution in [2.24, 2.45) is 0 Å². The SMILES string of the molecule is CC(=O)Sc1cnc(N[C@H]2CCCN(C(=O)OC(C)(C)C)C2)nc1-c1cn(COCC[Si](C)(C)C)c2cc(C#N)ccc12. The van der Waals surface area contributed by atoms with Crippen LogP contribution in [0.2, 0.25) is 25.7 Å². The van der Waals surface area contributed by atoms with Gasteiger partial charge in [0.25, 0.3) is 0 Å². The predicted octanol–water partition coefficient (Wildman–Crippen LogP) is 6.73. The lowest BCUT2D eigenvalue weighted by molar-refractivity contribution is -0.109. The quantitative estimate of drug-likeness (QED) is 0.157. The Balaban J connectivity index is 1.65. The molecule has 1 amide bonds. The van der Waals surface area contributed by atoms with Crippen LogP contribution in [0, 0.1) is 11.3 Å². The van der Waals surface area contributed by atoms with E-state index in [4.69, 9.17) is 14.5 Å². The van der Waals surface area contributed by atoms with E-state index < -0.39 is 13.7 Å². The molecule has 230 valence electrons. The van der Waals surface area contributed by atoms with Crippen LogP contribution in [0.15, 0.2) is 35.5 Å². The van der Waals surface area contributed by atoms with Gasteiger partial charge in [0, 0.05) is 64.1 Å². The van der Waals surface area contributed by atoms with Crippen LogP contribution in [0.3, 0.4) is 0 Å². The number of carbonyl (C=O) groups excluding carboxylic acids is 2. The second kappa shape index (κ2) is 13.5. The van der Waals surface area contributed by atoms with E-state index in [1.54, 1.807) is 17.2 Å². The number of anilines is 1. The summed E-state index contributed by atoms with van der Waals surface area (Å²) in [6.45, 7) is 16.2. The van der Waals surface area contributed by atoms with Gasteiger partial charge in [-0.05, 0) is 63.6 Å². The lowest BCUT2D eigenvalue weighted by Gasteiger charge is -2.34. The number of nitrogens with zero attached hydrogens (tertiary/aromatic N) is 5. The second-order valence-electron chi connectivity index (χ2n) is 13.1. The van der Waals surface area contributed by atoms with Crippen molar-refractivity contribution in [3.63, 3.8) is 0 Å². The Hall–Kier alpha value is -3.40. The Kier molecular flexibility index (Phi) is 10.2. The molecule has 0 bridgehead atoms. The summed E-state index contributed by atoms with van der Waals surface area (Å²) in [7, 11) is -1.25. The number of thioether (sulfide) groups is 1. The smallest absolute Gasteiger partial charge is 0.410 e. The number of rotatable bonds is 9. The van der Waals surface area contributed by atoms with Crippen molar-refractivity contribution in [2.45, 2.75) is 89.5 Å². The number of carbonyl (C=O) groups is 2. The fourth-order valence-electron chi connectivity index (χ4n) is 4.83. The number of nitriles is 1. The monoisotopic (exact) mass is 622 g/mol. The number of benzene rings is 1. The molecule has 1 N–H and O–H groups in total. The Labute approximate surface area is 259 Å². The fourth-order valence-corrected chi connectivity index (χ4v) is 6.26. The minimum atomic E-state index is -1.25. The van der Waals surface area contributed by atoms with Gasteiger partial charge in [-0.15, -0.1) is 0 Å². The largest absolute Gasteiger partial charge is 0.444 e. The van der Waals surface area contributed by atoms with Crippen LogP contribution in [-0.4, -0.2) is 70.1 Å². The van der Waals surface area contributed by atoms with Gasteiger partial charge in [0.05, 0.1) is 27.7 Å². The van der Waals surface area contributed by atoms with Crippen LogP contribution < -0.4 is 5.32 Å². The maximum atomic E-state index is 12.7. The third-order valence-electron chi connectivity index (χ3n) is 6.91. The molecule has 3 heterocycles. The maximum Gasteiger partial charge on any atom is 0.410 e. The van der Waals surface area contributed by atoms with E-state index in [9.17, 15) is 14.9 Å². The van der Waals surface area contributed by atoms with Gasteiger partial charge in [-0.1, -0.05) is 25.7 Å². The van der Waals surface area contributed by atoms with Gasteiger partial charge in [-0.3, -0.25) is 4.79 Å². The Morgan fingerprint density at radius 2 is 2.02 bits per heavy atom. The number of aromatic nitrogens is 3. The third kappa shape index (κ3) is 9.05. The van der Waals surface area contributed by atoms with E-state index >= 15 is 0 Å². The van der Waals surface area contributed by atoms with E-state index in [-0.39, 0.29) is 17.3 Å². The number of piperidine rings is 1. The summed E-state index contributed by atoms with van der Waals surface area (Å²) in [5, 5.41) is 13.8. The van der Waals surface area contributed by atoms with E-state index in [1.807, 2.05) is 43.7 Å². The number of nitrogens with one attached hydrogen (secondary N) is 1. The topological polar surface area (TPSA) is 122 Å². The van der Waals surface area contributed by atoms with Gasteiger partial charge >= 0.3 is 6.09 Å². The number of likely N-dealkylation sites (tertiary alicyclic amines) is 1. The first-order valence-corrected chi connectivity index (χ1v) is 19.2. The molecule has 1 aromatic carbocycles. The van der Waals surface area contributed by atoms with Crippen molar-refractivity contribution < 1.29 is 19.1 Å². The highest BCUT2D eigenvalue weighted by atomic mass is 32.2. The van der Waals surface area contributed by atoms with Crippen molar-refractivity contribution in [1.29, 1.82) is 5.26 Å². The summed E-state index contributed by atoms with van der Waals surface area (Å²) in [6.07, 6.45) is 5.00. The summed E-state index contributed by atoms with van der Waals surface area (Å²) in [5.74, 6) is 0.417. The molecule has 1 aliphatic heterocycles. The van der Waals surface area contributed by atoms with Gasteiger partial charge in [0.2, 0.25) is 5.95 Å². The van der Waals surface area contributed by atoms with Crippen molar-refractivity contribution in [1.82, 2.24) is 19.4 Å². The van der Waals surface area contributed by atoms with Gasteiger partial charge in [0.1, 0.15) is 12.3 Å². The first-order chi connectivity index (χ1) is 20.2. The number of amides is 1. The molecule has 2 aromatic heterocycles. The summed E-state index contributed by atoms with van der Waals surface area (Å²) >= 11 is 1.08. The highest BCUT2D eigenvalue weighted by Gasteiger charge is 2.28. The zero-order chi connectivity index (χ0) is 31.4. The molecule has 0 radical (unpaired) electrons. The molecule has 0 aliphatic carbocycles. The molecule has 0 saturated carbocycles. The number of ether oxygens (including phenoxy) is 2. The lowest BCUT2D eigenvalue weighted by Crippen LogP contribution is -2.47. The number of hydrogen-bond acceptors (Lipinski definition) is 9. The normalized spacial score (nSPS) is 15.8. The van der Waals surface area contributed by atoms with Gasteiger partial charge in [-0.25, -0.2) is 14.8 Å². The van der Waals surface area contributed by atoms with Crippen molar-refractivity contribution in [3.8, 4) is 17.3 Å². The molecular weight excluding hydrogens is 581 g/mol. The van der Waals surface area contributed by atoms with Crippen molar-refractivity contribution in [3.05, 3.63) is 36.2 Å². The van der Waals surface area contributed by atoms with E-state index in [2.05, 4.69) is 36.0 Å². The van der Waals surface area contributed by atoms with Gasteiger partial charge < -0.3 is 24.3 Å². The van der Waals surface area contributed by atoms with Crippen LogP contribution in [0.4, 0.5) is 10.7 Å². The predicted molar refractivity (Wildman–Crippen MR) is 173 cm³/mol. The van der Waals surface area contributed by atoms with Crippen molar-refractivity contribution >= 4 is 47.9 Å². The molecule has 12 heteroatoms. The standard InChI is InChI=1S/C31H42N6O4SSi/c1-21(38)42-27-17-33-29(34-23-9-8-12-36(18-23)30(39)41-31(2,3)4)35-28(27)25-19-37(20-40-13-14-43(5,6)7)26-15-22(16-32)10-11-24(25)26/h10-11,15,17,19,23H,8-9,12-14,18,20H2,1-7H3,(H,33,34,35)/t23-/m0/s1. The molecule has 43 heavy (non-hydrogen) atoms. The van der Waals surface area contributed by atoms with Crippen LogP contribution in [0.1, 0.15) is 46.1 Å². The number of hydrogen-bond donors (Lipinski definition) is 1. The summed E-state index contributed by atoms with van der Waals surface area (Å²) < 4.78 is 13.6. The minimum Gasteiger partial charge on any atom is -0.444 e. The molecule has 1 aliphatic rings. The first kappa shape index (κ1) is 32.5. The minimum absolute atomic E-state index is 0.0558. The Morgan fingerprint density at radius 3 is 2.70 bits per heavy atom. The molecule has 10 nitrogen and oxygen atoms in total. The average Bonchev–Trinajstić information content (AvgIpc) is 3.28. The van der Waals surface area contributed by atoms with Crippen LogP contribution in [0.25, 0.3) is 22.2 Å². The summed E-state index contributed by atoms with van der Waals surface area (Å²) in [5.41, 5.74) is 2.28. The molecule has 1 fully saturated rings. The molecule has 1 atom stereocenters. The lowest BCUT2D eigenvalue weighted by atomic mass is 10.1. The first-order valence-electron chi connectivity index (χ1n) is 14.6. The van der Waals surface area contributed by atoms with E-state index in [0.29, 0.717) is 48.5 Å². The molecular formula is C31H42N6O4SSi. The van der Waals surface area contributed by atoms with Gasteiger partial charge in [-0.2, -0.15) is 5.26 Å².